The molecule has 8 nitrogen and oxygen atoms in total. The monoisotopic (exact) mass is 434 g/mol. The summed E-state index contributed by atoms with van der Waals surface area (Å²) in [5, 5.41) is 16.0. The van der Waals surface area contributed by atoms with E-state index in [0.29, 0.717) is 31.2 Å². The fraction of sp³-hybridized carbons (Fsp3) is 0.417. The van der Waals surface area contributed by atoms with Crippen LogP contribution >= 0.6 is 0 Å². The van der Waals surface area contributed by atoms with Crippen molar-refractivity contribution in [3.8, 4) is 0 Å². The Morgan fingerprint density at radius 3 is 2.62 bits per heavy atom. The number of anilines is 1. The van der Waals surface area contributed by atoms with Crippen LogP contribution in [0.3, 0.4) is 0 Å². The molecule has 0 radical (unpaired) electrons. The molecule has 32 heavy (non-hydrogen) atoms. The summed E-state index contributed by atoms with van der Waals surface area (Å²) in [7, 11) is 0. The van der Waals surface area contributed by atoms with E-state index in [9.17, 15) is 4.79 Å². The predicted octanol–water partition coefficient (Wildman–Crippen LogP) is 3.71. The minimum Gasteiger partial charge on any atom is -0.373 e. The predicted molar refractivity (Wildman–Crippen MR) is 124 cm³/mol. The molecule has 0 atom stereocenters. The van der Waals surface area contributed by atoms with Crippen molar-refractivity contribution in [2.24, 2.45) is 0 Å². The molecule has 2 amide bonds. The Labute approximate surface area is 188 Å². The molecule has 2 aromatic rings. The van der Waals surface area contributed by atoms with Crippen LogP contribution in [0, 0.1) is 10.8 Å². The summed E-state index contributed by atoms with van der Waals surface area (Å²) in [6, 6.07) is 15.6. The lowest BCUT2D eigenvalue weighted by Crippen LogP contribution is -2.49. The number of ether oxygens (including phenoxy) is 1. The first kappa shape index (κ1) is 22.0. The van der Waals surface area contributed by atoms with Crippen LogP contribution in [-0.2, 0) is 11.3 Å². The first-order valence-electron chi connectivity index (χ1n) is 11.1. The Bertz CT molecular complexity index is 973. The normalized spacial score (nSPS) is 20.4. The van der Waals surface area contributed by atoms with E-state index in [1.54, 1.807) is 23.1 Å². The molecule has 2 aliphatic rings. The second-order valence-corrected chi connectivity index (χ2v) is 8.53. The Kier molecular flexibility index (Phi) is 6.50. The fourth-order valence-corrected chi connectivity index (χ4v) is 4.13. The zero-order chi connectivity index (χ0) is 22.7. The van der Waals surface area contributed by atoms with Gasteiger partial charge >= 0.3 is 6.03 Å². The van der Waals surface area contributed by atoms with Gasteiger partial charge in [0.2, 0.25) is 0 Å². The van der Waals surface area contributed by atoms with Crippen molar-refractivity contribution in [1.29, 1.82) is 10.8 Å². The smallest absolute Gasteiger partial charge is 0.326 e. The molecule has 0 bridgehead atoms. The van der Waals surface area contributed by atoms with Crippen molar-refractivity contribution in [3.05, 3.63) is 59.8 Å². The van der Waals surface area contributed by atoms with Gasteiger partial charge in [-0.15, -0.1) is 0 Å². The molecule has 2 fully saturated rings. The summed E-state index contributed by atoms with van der Waals surface area (Å²) in [4.78, 5) is 22.8. The number of hydrogen-bond acceptors (Lipinski definition) is 5. The van der Waals surface area contributed by atoms with Crippen LogP contribution in [0.2, 0.25) is 0 Å². The molecule has 8 heteroatoms. The van der Waals surface area contributed by atoms with E-state index in [1.807, 2.05) is 36.9 Å². The number of nitrogens with one attached hydrogen (secondary N) is 2. The van der Waals surface area contributed by atoms with Crippen molar-refractivity contribution in [2.45, 2.75) is 51.5 Å². The van der Waals surface area contributed by atoms with Crippen LogP contribution in [0.4, 0.5) is 10.6 Å². The van der Waals surface area contributed by atoms with Gasteiger partial charge in [0.15, 0.2) is 5.84 Å². The summed E-state index contributed by atoms with van der Waals surface area (Å²) in [5.41, 5.74) is 1.61. The Morgan fingerprint density at radius 2 is 1.94 bits per heavy atom. The third-order valence-corrected chi connectivity index (χ3v) is 6.09. The second-order valence-electron chi connectivity index (χ2n) is 8.53. The number of benzene rings is 1. The molecule has 1 aromatic heterocycles. The van der Waals surface area contributed by atoms with E-state index in [-0.39, 0.29) is 30.1 Å². The lowest BCUT2D eigenvalue weighted by molar-refractivity contribution is -0.0459. The van der Waals surface area contributed by atoms with E-state index in [4.69, 9.17) is 15.6 Å². The maximum Gasteiger partial charge on any atom is 0.326 e. The molecule has 1 saturated carbocycles. The number of amidine groups is 1. The number of carbonyl (C=O) groups excluding carboxylic acids is 1. The summed E-state index contributed by atoms with van der Waals surface area (Å²) in [6.45, 7) is 5.68. The first-order valence-corrected chi connectivity index (χ1v) is 11.1. The van der Waals surface area contributed by atoms with Crippen LogP contribution in [-0.4, -0.2) is 64.3 Å². The van der Waals surface area contributed by atoms with Gasteiger partial charge in [-0.2, -0.15) is 0 Å². The second kappa shape index (κ2) is 9.48. The molecule has 1 aliphatic carbocycles. The van der Waals surface area contributed by atoms with Gasteiger partial charge < -0.3 is 14.5 Å². The van der Waals surface area contributed by atoms with Gasteiger partial charge in [-0.1, -0.05) is 36.4 Å². The van der Waals surface area contributed by atoms with E-state index in [2.05, 4.69) is 17.1 Å². The van der Waals surface area contributed by atoms with Crippen molar-refractivity contribution >= 4 is 24.0 Å². The Balaban J connectivity index is 1.34. The van der Waals surface area contributed by atoms with Gasteiger partial charge in [0.25, 0.3) is 0 Å². The highest BCUT2D eigenvalue weighted by atomic mass is 16.5. The molecule has 1 aliphatic heterocycles. The van der Waals surface area contributed by atoms with Gasteiger partial charge in [-0.05, 0) is 44.4 Å². The molecule has 4 rings (SSSR count). The fourth-order valence-electron chi connectivity index (χ4n) is 4.13. The minimum absolute atomic E-state index is 0.0231. The molecule has 1 saturated heterocycles. The summed E-state index contributed by atoms with van der Waals surface area (Å²) >= 11 is 0. The van der Waals surface area contributed by atoms with Crippen LogP contribution in [0.1, 0.15) is 37.9 Å². The maximum atomic E-state index is 13.1. The molecule has 1 aromatic carbocycles. The Hall–Kier alpha value is -3.26. The highest BCUT2D eigenvalue weighted by molar-refractivity contribution is 6.01. The highest BCUT2D eigenvalue weighted by Gasteiger charge is 2.42. The van der Waals surface area contributed by atoms with Gasteiger partial charge in [-0.3, -0.25) is 15.7 Å². The topological polar surface area (TPSA) is 96.6 Å². The summed E-state index contributed by atoms with van der Waals surface area (Å²) < 4.78 is 5.98. The van der Waals surface area contributed by atoms with Crippen LogP contribution < -0.4 is 4.90 Å². The molecular weight excluding hydrogens is 404 g/mol. The number of pyridine rings is 1. The number of rotatable bonds is 8. The van der Waals surface area contributed by atoms with Crippen LogP contribution in [0.25, 0.3) is 0 Å². The van der Waals surface area contributed by atoms with Crippen molar-refractivity contribution in [3.63, 3.8) is 0 Å². The van der Waals surface area contributed by atoms with E-state index in [1.165, 1.54) is 4.90 Å². The van der Waals surface area contributed by atoms with Gasteiger partial charge in [-0.25, -0.2) is 9.78 Å². The molecule has 168 valence electrons. The standard InChI is InChI=1S/C24H30N6O2/c1-17(2)30(16-25)23(26)21-9-6-10-22(27-21)29-12-11-28(24(29)31)19-13-20(14-19)32-15-18-7-4-3-5-8-18/h3-10,16-17,19-20,25-26H,11-15H2,1-2H3. The molecule has 0 spiro atoms. The quantitative estimate of drug-likeness (QED) is 0.489. The number of nitrogens with zero attached hydrogens (tertiary/aromatic N) is 4. The average Bonchev–Trinajstić information content (AvgIpc) is 3.14. The third-order valence-electron chi connectivity index (χ3n) is 6.09. The van der Waals surface area contributed by atoms with E-state index in [0.717, 1.165) is 24.7 Å². The SMILES string of the molecule is CC(C)N(C=N)C(=N)c1cccc(N2CCN(C3CC(OCc4ccccc4)C3)C2=O)n1. The Morgan fingerprint density at radius 1 is 1.19 bits per heavy atom. The highest BCUT2D eigenvalue weighted by Crippen LogP contribution is 2.32. The zero-order valence-electron chi connectivity index (χ0n) is 18.6. The molecule has 2 N–H and O–H groups in total. The van der Waals surface area contributed by atoms with Crippen LogP contribution in [0.5, 0.6) is 0 Å². The van der Waals surface area contributed by atoms with E-state index < -0.39 is 0 Å². The average molecular weight is 435 g/mol. The van der Waals surface area contributed by atoms with Gasteiger partial charge in [0, 0.05) is 25.2 Å². The lowest BCUT2D eigenvalue weighted by atomic mass is 9.88. The number of hydrogen-bond donors (Lipinski definition) is 2. The molecular formula is C24H30N6O2. The summed E-state index contributed by atoms with van der Waals surface area (Å²) in [6.07, 6.45) is 3.03. The number of urea groups is 1. The van der Waals surface area contributed by atoms with E-state index >= 15 is 0 Å². The largest absolute Gasteiger partial charge is 0.373 e. The number of aromatic nitrogens is 1. The molecule has 0 unspecified atom stereocenters. The van der Waals surface area contributed by atoms with Gasteiger partial charge in [0.05, 0.1) is 19.0 Å². The lowest BCUT2D eigenvalue weighted by Gasteiger charge is -2.40. The first-order chi connectivity index (χ1) is 15.5. The zero-order valence-corrected chi connectivity index (χ0v) is 18.6. The maximum absolute atomic E-state index is 13.1. The van der Waals surface area contributed by atoms with Crippen molar-refractivity contribution in [2.75, 3.05) is 18.0 Å². The third kappa shape index (κ3) is 4.50. The summed E-state index contributed by atoms with van der Waals surface area (Å²) in [5.74, 6) is 0.697. The minimum atomic E-state index is -0.0412. The van der Waals surface area contributed by atoms with Crippen LogP contribution in [0.15, 0.2) is 48.5 Å². The van der Waals surface area contributed by atoms with Gasteiger partial charge in [0.1, 0.15) is 11.5 Å². The number of amides is 2. The van der Waals surface area contributed by atoms with Crippen molar-refractivity contribution in [1.82, 2.24) is 14.8 Å². The molecule has 2 heterocycles. The number of carbonyl (C=O) groups is 1. The van der Waals surface area contributed by atoms with Crippen molar-refractivity contribution < 1.29 is 9.53 Å².